The summed E-state index contributed by atoms with van der Waals surface area (Å²) in [5.74, 6) is 4.15. The van der Waals surface area contributed by atoms with Gasteiger partial charge in [-0.2, -0.15) is 0 Å². The van der Waals surface area contributed by atoms with Gasteiger partial charge < -0.3 is 5.73 Å². The van der Waals surface area contributed by atoms with Crippen LogP contribution in [0.15, 0.2) is 0 Å². The molecule has 3 unspecified atom stereocenters. The third kappa shape index (κ3) is 2.05. The van der Waals surface area contributed by atoms with E-state index in [9.17, 15) is 0 Å². The van der Waals surface area contributed by atoms with Gasteiger partial charge in [-0.25, -0.2) is 0 Å². The molecule has 0 aromatic carbocycles. The van der Waals surface area contributed by atoms with E-state index >= 15 is 0 Å². The molecule has 0 aromatic heterocycles. The number of nitrogens with two attached hydrogens (primary N) is 1. The largest absolute Gasteiger partial charge is 0.328 e. The molecule has 0 spiro atoms. The Labute approximate surface area is 107 Å². The molecular weight excluding hydrogens is 206 g/mol. The van der Waals surface area contributed by atoms with Crippen molar-refractivity contribution >= 4 is 0 Å². The number of rotatable bonds is 4. The highest BCUT2D eigenvalue weighted by atomic mass is 14.6. The predicted octanol–water partition coefficient (Wildman–Crippen LogP) is 3.97. The molecule has 0 heterocycles. The van der Waals surface area contributed by atoms with Crippen LogP contribution in [0.4, 0.5) is 0 Å². The molecule has 0 radical (unpaired) electrons. The maximum absolute atomic E-state index is 6.06. The lowest BCUT2D eigenvalue weighted by atomic mass is 9.45. The van der Waals surface area contributed by atoms with Gasteiger partial charge in [0, 0.05) is 6.04 Å². The first kappa shape index (κ1) is 12.0. The first-order valence-corrected chi connectivity index (χ1v) is 7.87. The highest BCUT2D eigenvalue weighted by Gasteiger charge is 2.54. The second-order valence-corrected chi connectivity index (χ2v) is 7.60. The maximum atomic E-state index is 6.06. The van der Waals surface area contributed by atoms with Gasteiger partial charge in [-0.1, -0.05) is 13.3 Å². The summed E-state index contributed by atoms with van der Waals surface area (Å²) in [7, 11) is 0. The van der Waals surface area contributed by atoms with Crippen molar-refractivity contribution in [1.29, 1.82) is 0 Å². The van der Waals surface area contributed by atoms with Crippen LogP contribution in [0.3, 0.4) is 0 Å². The average molecular weight is 235 g/mol. The molecule has 4 fully saturated rings. The van der Waals surface area contributed by atoms with Gasteiger partial charge in [-0.05, 0) is 81.0 Å². The van der Waals surface area contributed by atoms with Crippen molar-refractivity contribution in [3.8, 4) is 0 Å². The zero-order chi connectivity index (χ0) is 12.0. The van der Waals surface area contributed by atoms with Crippen molar-refractivity contribution < 1.29 is 0 Å². The zero-order valence-corrected chi connectivity index (χ0v) is 11.6. The molecule has 4 rings (SSSR count). The molecular formula is C16H29N. The van der Waals surface area contributed by atoms with Crippen molar-refractivity contribution in [1.82, 2.24) is 0 Å². The van der Waals surface area contributed by atoms with Crippen molar-refractivity contribution in [2.45, 2.75) is 71.3 Å². The molecule has 0 saturated heterocycles. The summed E-state index contributed by atoms with van der Waals surface area (Å²) >= 11 is 0. The Balaban J connectivity index is 1.76. The highest BCUT2D eigenvalue weighted by molar-refractivity contribution is 5.04. The summed E-state index contributed by atoms with van der Waals surface area (Å²) in [5.41, 5.74) is 6.84. The molecule has 2 N–H and O–H groups in total. The third-order valence-corrected chi connectivity index (χ3v) is 6.02. The summed E-state index contributed by atoms with van der Waals surface area (Å²) in [6.45, 7) is 4.57. The van der Waals surface area contributed by atoms with Gasteiger partial charge in [-0.3, -0.25) is 0 Å². The lowest BCUT2D eigenvalue weighted by Crippen LogP contribution is -2.51. The van der Waals surface area contributed by atoms with E-state index in [4.69, 9.17) is 5.73 Å². The van der Waals surface area contributed by atoms with Crippen molar-refractivity contribution in [3.63, 3.8) is 0 Å². The summed E-state index contributed by atoms with van der Waals surface area (Å²) < 4.78 is 0. The molecule has 17 heavy (non-hydrogen) atoms. The normalized spacial score (nSPS) is 49.6. The third-order valence-electron chi connectivity index (χ3n) is 6.02. The maximum Gasteiger partial charge on any atom is 0.00133 e. The molecule has 3 atom stereocenters. The van der Waals surface area contributed by atoms with E-state index in [1.54, 1.807) is 32.1 Å². The first-order valence-electron chi connectivity index (χ1n) is 7.87. The van der Waals surface area contributed by atoms with Gasteiger partial charge in [0.2, 0.25) is 0 Å². The van der Waals surface area contributed by atoms with Crippen LogP contribution < -0.4 is 5.73 Å². The van der Waals surface area contributed by atoms with Crippen LogP contribution in [0.2, 0.25) is 0 Å². The molecule has 4 aliphatic rings. The van der Waals surface area contributed by atoms with Crippen LogP contribution in [0, 0.1) is 29.1 Å². The van der Waals surface area contributed by atoms with E-state index in [1.165, 1.54) is 19.3 Å². The Hall–Kier alpha value is -0.0400. The zero-order valence-electron chi connectivity index (χ0n) is 11.6. The van der Waals surface area contributed by atoms with Crippen LogP contribution in [0.5, 0.6) is 0 Å². The van der Waals surface area contributed by atoms with Crippen LogP contribution in [-0.2, 0) is 0 Å². The van der Waals surface area contributed by atoms with E-state index < -0.39 is 0 Å². The van der Waals surface area contributed by atoms with Gasteiger partial charge >= 0.3 is 0 Å². The fraction of sp³-hybridized carbons (Fsp3) is 1.00. The van der Waals surface area contributed by atoms with Crippen LogP contribution >= 0.6 is 0 Å². The second kappa shape index (κ2) is 4.26. The second-order valence-electron chi connectivity index (χ2n) is 7.60. The van der Waals surface area contributed by atoms with E-state index in [-0.39, 0.29) is 0 Å². The van der Waals surface area contributed by atoms with E-state index in [1.807, 2.05) is 0 Å². The minimum absolute atomic E-state index is 0.416. The van der Waals surface area contributed by atoms with Gasteiger partial charge in [0.05, 0.1) is 0 Å². The van der Waals surface area contributed by atoms with Gasteiger partial charge in [0.1, 0.15) is 0 Å². The lowest BCUT2D eigenvalue weighted by molar-refractivity contribution is -0.102. The van der Waals surface area contributed by atoms with E-state index in [0.29, 0.717) is 6.04 Å². The van der Waals surface area contributed by atoms with Crippen LogP contribution in [-0.4, -0.2) is 6.04 Å². The Morgan fingerprint density at radius 3 is 2.35 bits per heavy atom. The van der Waals surface area contributed by atoms with Crippen LogP contribution in [0.1, 0.15) is 65.2 Å². The number of hydrogen-bond donors (Lipinski definition) is 1. The molecule has 0 aliphatic heterocycles. The molecule has 0 amide bonds. The first-order chi connectivity index (χ1) is 8.12. The van der Waals surface area contributed by atoms with Crippen molar-refractivity contribution in [2.24, 2.45) is 34.8 Å². The van der Waals surface area contributed by atoms with Crippen molar-refractivity contribution in [2.75, 3.05) is 0 Å². The fourth-order valence-corrected chi connectivity index (χ4v) is 5.95. The highest BCUT2D eigenvalue weighted by Crippen LogP contribution is 2.64. The molecule has 4 aliphatic carbocycles. The van der Waals surface area contributed by atoms with Gasteiger partial charge in [0.15, 0.2) is 0 Å². The molecule has 4 saturated carbocycles. The van der Waals surface area contributed by atoms with Gasteiger partial charge in [-0.15, -0.1) is 0 Å². The van der Waals surface area contributed by atoms with Crippen LogP contribution in [0.25, 0.3) is 0 Å². The smallest absolute Gasteiger partial charge is 0.00133 e. The quantitative estimate of drug-likeness (QED) is 0.784. The van der Waals surface area contributed by atoms with Crippen molar-refractivity contribution in [3.05, 3.63) is 0 Å². The fourth-order valence-electron chi connectivity index (χ4n) is 5.95. The Kier molecular flexibility index (Phi) is 3.01. The summed E-state index contributed by atoms with van der Waals surface area (Å²) in [6, 6.07) is 0.416. The summed E-state index contributed by atoms with van der Waals surface area (Å²) in [4.78, 5) is 0. The molecule has 4 bridgehead atoms. The molecule has 1 nitrogen and oxygen atoms in total. The Morgan fingerprint density at radius 1 is 1.18 bits per heavy atom. The van der Waals surface area contributed by atoms with E-state index in [2.05, 4.69) is 13.8 Å². The monoisotopic (exact) mass is 235 g/mol. The predicted molar refractivity (Wildman–Crippen MR) is 72.7 cm³/mol. The SMILES string of the molecule is CCCC12CC3CC(C1)C(CC(C)N)C(C3)C2. The molecule has 0 aromatic rings. The summed E-state index contributed by atoms with van der Waals surface area (Å²) in [6.07, 6.45) is 11.9. The Bertz CT molecular complexity index is 267. The number of hydrogen-bond acceptors (Lipinski definition) is 1. The standard InChI is InChI=1S/C16H29N/c1-3-4-16-8-12-6-13(9-16)15(5-11(2)17)14(7-12)10-16/h11-15H,3-10,17H2,1-2H3. The summed E-state index contributed by atoms with van der Waals surface area (Å²) in [5, 5.41) is 0. The molecule has 1 heteroatoms. The van der Waals surface area contributed by atoms with E-state index in [0.717, 1.165) is 29.1 Å². The minimum Gasteiger partial charge on any atom is -0.328 e. The van der Waals surface area contributed by atoms with Gasteiger partial charge in [0.25, 0.3) is 0 Å². The Morgan fingerprint density at radius 2 is 1.82 bits per heavy atom. The topological polar surface area (TPSA) is 26.0 Å². The average Bonchev–Trinajstić information content (AvgIpc) is 2.22. The lowest BCUT2D eigenvalue weighted by Gasteiger charge is -2.61. The minimum atomic E-state index is 0.416. The molecule has 98 valence electrons.